The van der Waals surface area contributed by atoms with Crippen LogP contribution in [0.5, 0.6) is 5.75 Å². The van der Waals surface area contributed by atoms with Crippen LogP contribution in [0.25, 0.3) is 10.9 Å². The van der Waals surface area contributed by atoms with Crippen molar-refractivity contribution in [2.24, 2.45) is 11.8 Å². The van der Waals surface area contributed by atoms with Crippen molar-refractivity contribution in [1.29, 1.82) is 0 Å². The van der Waals surface area contributed by atoms with Crippen molar-refractivity contribution in [1.82, 2.24) is 25.0 Å². The molecule has 1 unspecified atom stereocenters. The summed E-state index contributed by atoms with van der Waals surface area (Å²) in [7, 11) is 0. The molecule has 4 aliphatic heterocycles. The zero-order valence-electron chi connectivity index (χ0n) is 35.7. The molecule has 2 N–H and O–H groups in total. The fourth-order valence-electron chi connectivity index (χ4n) is 10.2. The van der Waals surface area contributed by atoms with Crippen molar-refractivity contribution in [2.75, 3.05) is 56.0 Å². The SMILES string of the molecule is C[C@@H](C(=O)Nc1ccc(Cl)c(OC2CCN(C(=O)CN3CCN(c4cccc5c4C(=O)N(C4CCC(=O)NC4=O)C5=O)CC3)CC2)c1)[C@H]1CC[C@@H](c2ccnc3ccc(F)cc32)CC1. The number of piperazine rings is 1. The summed E-state index contributed by atoms with van der Waals surface area (Å²) in [5.41, 5.74) is 3.64. The van der Waals surface area contributed by atoms with Gasteiger partial charge < -0.3 is 19.9 Å². The number of carbonyl (C=O) groups excluding carboxylic acids is 6. The molecule has 0 bridgehead atoms. The van der Waals surface area contributed by atoms with E-state index >= 15 is 0 Å². The molecule has 1 saturated carbocycles. The minimum atomic E-state index is -1.03. The lowest BCUT2D eigenvalue weighted by Crippen LogP contribution is -2.54. The van der Waals surface area contributed by atoms with Crippen LogP contribution in [0.15, 0.2) is 66.9 Å². The zero-order chi connectivity index (χ0) is 44.6. The van der Waals surface area contributed by atoms with Gasteiger partial charge in [0.15, 0.2) is 0 Å². The van der Waals surface area contributed by atoms with E-state index in [2.05, 4.69) is 20.5 Å². The molecule has 3 saturated heterocycles. The molecular weight excluding hydrogens is 841 g/mol. The highest BCUT2D eigenvalue weighted by atomic mass is 35.5. The molecular formula is C48H51ClFN7O7. The number of hydrogen-bond acceptors (Lipinski definition) is 10. The van der Waals surface area contributed by atoms with Gasteiger partial charge in [0.25, 0.3) is 11.8 Å². The Morgan fingerprint density at radius 3 is 2.41 bits per heavy atom. The van der Waals surface area contributed by atoms with Gasteiger partial charge in [0.05, 0.1) is 33.9 Å². The first-order valence-electron chi connectivity index (χ1n) is 22.3. The van der Waals surface area contributed by atoms with Gasteiger partial charge in [-0.15, -0.1) is 0 Å². The van der Waals surface area contributed by atoms with E-state index in [9.17, 15) is 33.2 Å². The van der Waals surface area contributed by atoms with Gasteiger partial charge >= 0.3 is 0 Å². The van der Waals surface area contributed by atoms with E-state index in [-0.39, 0.29) is 66.1 Å². The molecule has 334 valence electrons. The Morgan fingerprint density at radius 2 is 1.66 bits per heavy atom. The highest BCUT2D eigenvalue weighted by Gasteiger charge is 2.46. The number of carbonyl (C=O) groups is 6. The first-order valence-corrected chi connectivity index (χ1v) is 22.7. The molecule has 2 atom stereocenters. The van der Waals surface area contributed by atoms with Gasteiger partial charge in [0.1, 0.15) is 23.7 Å². The number of benzene rings is 3. The van der Waals surface area contributed by atoms with Crippen LogP contribution in [0, 0.1) is 17.7 Å². The maximum Gasteiger partial charge on any atom is 0.264 e. The van der Waals surface area contributed by atoms with Crippen LogP contribution in [0.3, 0.4) is 0 Å². The van der Waals surface area contributed by atoms with Crippen molar-refractivity contribution in [3.63, 3.8) is 0 Å². The van der Waals surface area contributed by atoms with Gasteiger partial charge in [0.2, 0.25) is 23.6 Å². The third-order valence-corrected chi connectivity index (χ3v) is 14.2. The first kappa shape index (κ1) is 43.3. The highest BCUT2D eigenvalue weighted by Crippen LogP contribution is 2.41. The van der Waals surface area contributed by atoms with Gasteiger partial charge in [0, 0.05) is 87.8 Å². The average Bonchev–Trinajstić information content (AvgIpc) is 3.55. The van der Waals surface area contributed by atoms with E-state index in [4.69, 9.17) is 16.3 Å². The van der Waals surface area contributed by atoms with Crippen molar-refractivity contribution in [2.45, 2.75) is 76.4 Å². The molecule has 14 nitrogen and oxygen atoms in total. The zero-order valence-corrected chi connectivity index (χ0v) is 36.4. The fourth-order valence-corrected chi connectivity index (χ4v) is 10.3. The second kappa shape index (κ2) is 18.3. The lowest BCUT2D eigenvalue weighted by molar-refractivity contribution is -0.136. The Kier molecular flexibility index (Phi) is 12.4. The average molecular weight is 892 g/mol. The van der Waals surface area contributed by atoms with Crippen LogP contribution in [-0.4, -0.2) is 113 Å². The van der Waals surface area contributed by atoms with Crippen molar-refractivity contribution in [3.8, 4) is 5.75 Å². The number of piperidine rings is 2. The van der Waals surface area contributed by atoms with E-state index in [1.807, 2.05) is 22.8 Å². The normalized spacial score (nSPS) is 22.7. The fraction of sp³-hybridized carbons (Fsp3) is 0.438. The number of nitrogens with one attached hydrogen (secondary N) is 2. The van der Waals surface area contributed by atoms with Gasteiger partial charge in [-0.1, -0.05) is 24.6 Å². The van der Waals surface area contributed by atoms with Crippen molar-refractivity contribution >= 4 is 69.3 Å². The van der Waals surface area contributed by atoms with Crippen molar-refractivity contribution in [3.05, 3.63) is 94.4 Å². The number of likely N-dealkylation sites (tertiary alicyclic amines) is 1. The molecule has 16 heteroatoms. The van der Waals surface area contributed by atoms with Crippen LogP contribution >= 0.6 is 11.6 Å². The molecule has 4 fully saturated rings. The summed E-state index contributed by atoms with van der Waals surface area (Å²) < 4.78 is 20.5. The summed E-state index contributed by atoms with van der Waals surface area (Å²) >= 11 is 6.58. The van der Waals surface area contributed by atoms with Gasteiger partial charge in [-0.05, 0) is 98.0 Å². The molecule has 0 radical (unpaired) electrons. The number of imide groups is 2. The molecule has 6 amide bonds. The van der Waals surface area contributed by atoms with E-state index in [0.29, 0.717) is 80.2 Å². The monoisotopic (exact) mass is 891 g/mol. The minimum Gasteiger partial charge on any atom is -0.489 e. The largest absolute Gasteiger partial charge is 0.489 e. The van der Waals surface area contributed by atoms with Gasteiger partial charge in [-0.2, -0.15) is 0 Å². The molecule has 1 aliphatic carbocycles. The Morgan fingerprint density at radius 1 is 0.891 bits per heavy atom. The van der Waals surface area contributed by atoms with E-state index in [1.54, 1.807) is 54.7 Å². The van der Waals surface area contributed by atoms with Crippen molar-refractivity contribution < 1.29 is 37.9 Å². The lowest BCUT2D eigenvalue weighted by atomic mass is 9.73. The predicted octanol–water partition coefficient (Wildman–Crippen LogP) is 6.17. The topological polar surface area (TPSA) is 162 Å². The molecule has 0 spiro atoms. The van der Waals surface area contributed by atoms with Crippen LogP contribution < -0.4 is 20.3 Å². The molecule has 1 aromatic heterocycles. The quantitative estimate of drug-likeness (QED) is 0.176. The number of hydrogen-bond donors (Lipinski definition) is 2. The second-order valence-electron chi connectivity index (χ2n) is 17.7. The molecule has 5 heterocycles. The number of rotatable bonds is 10. The molecule has 5 aliphatic rings. The second-order valence-corrected chi connectivity index (χ2v) is 18.1. The number of aromatic nitrogens is 1. The van der Waals surface area contributed by atoms with Crippen LogP contribution in [0.1, 0.15) is 90.5 Å². The highest BCUT2D eigenvalue weighted by molar-refractivity contribution is 6.32. The molecule has 64 heavy (non-hydrogen) atoms. The minimum absolute atomic E-state index is 0.0276. The smallest absolute Gasteiger partial charge is 0.264 e. The third kappa shape index (κ3) is 8.79. The Labute approximate surface area is 375 Å². The summed E-state index contributed by atoms with van der Waals surface area (Å²) in [4.78, 5) is 89.6. The van der Waals surface area contributed by atoms with Gasteiger partial charge in [-0.25, -0.2) is 4.39 Å². The Balaban J connectivity index is 0.725. The van der Waals surface area contributed by atoms with E-state index in [0.717, 1.165) is 47.0 Å². The number of anilines is 2. The van der Waals surface area contributed by atoms with Crippen LogP contribution in [-0.2, 0) is 19.2 Å². The molecule has 9 rings (SSSR count). The number of ether oxygens (including phenoxy) is 1. The number of amides is 6. The molecule has 3 aromatic carbocycles. The third-order valence-electron chi connectivity index (χ3n) is 13.9. The number of halogens is 2. The molecule has 4 aromatic rings. The van der Waals surface area contributed by atoms with E-state index in [1.165, 1.54) is 6.07 Å². The predicted molar refractivity (Wildman–Crippen MR) is 238 cm³/mol. The summed E-state index contributed by atoms with van der Waals surface area (Å²) in [6, 6.07) is 16.1. The van der Waals surface area contributed by atoms with E-state index < -0.39 is 29.7 Å². The first-order chi connectivity index (χ1) is 30.9. The summed E-state index contributed by atoms with van der Waals surface area (Å²) in [6.07, 6.45) is 6.64. The maximum atomic E-state index is 14.1. The van der Waals surface area contributed by atoms with Crippen LogP contribution in [0.4, 0.5) is 15.8 Å². The van der Waals surface area contributed by atoms with Gasteiger partial charge in [-0.3, -0.25) is 48.9 Å². The van der Waals surface area contributed by atoms with Crippen LogP contribution in [0.2, 0.25) is 5.02 Å². The maximum absolute atomic E-state index is 14.1. The Hall–Kier alpha value is -5.93. The number of nitrogens with zero attached hydrogens (tertiary/aromatic N) is 5. The number of pyridine rings is 1. The summed E-state index contributed by atoms with van der Waals surface area (Å²) in [5, 5.41) is 6.61. The standard InChI is InChI=1S/C48H51ClFN7O7/c1-28(29-5-7-30(8-6-29)34-15-18-51-38-12-9-31(50)25-36(34)38)45(60)52-32-10-11-37(49)41(26-32)64-33-16-19-56(20-17-33)43(59)27-54-21-23-55(24-22-54)39-4-2-3-35-44(39)48(63)57(47(35)62)40-13-14-42(58)53-46(40)61/h2-4,9-12,15,18,25-26,28-30,33,40H,5-8,13-14,16-17,19-24,27H2,1H3,(H,52,60)(H,53,58,61)/t28-,29-,30+,40?/m1/s1. The lowest BCUT2D eigenvalue weighted by Gasteiger charge is -2.38. The summed E-state index contributed by atoms with van der Waals surface area (Å²) in [5.74, 6) is -1.66. The number of fused-ring (bicyclic) bond motifs is 2. The summed E-state index contributed by atoms with van der Waals surface area (Å²) in [6.45, 7) is 5.51. The Bertz CT molecular complexity index is 2520.